The summed E-state index contributed by atoms with van der Waals surface area (Å²) in [4.78, 5) is 13.2. The number of carbonyl (C=O) groups is 1. The van der Waals surface area contributed by atoms with Crippen molar-refractivity contribution < 1.29 is 40.3 Å². The molecule has 1 unspecified atom stereocenters. The van der Waals surface area contributed by atoms with Crippen molar-refractivity contribution in [2.75, 3.05) is 4.31 Å². The van der Waals surface area contributed by atoms with Crippen LogP contribution in [0.4, 0.5) is 36.4 Å². The summed E-state index contributed by atoms with van der Waals surface area (Å²) in [6.07, 6.45) is -10.6. The van der Waals surface area contributed by atoms with Gasteiger partial charge in [0.15, 0.2) is 5.92 Å². The molecule has 1 aliphatic heterocycles. The lowest BCUT2D eigenvalue weighted by Gasteiger charge is -2.38. The number of aryl methyl sites for hydroxylation is 1. The molecule has 11 heteroatoms. The van der Waals surface area contributed by atoms with Gasteiger partial charge in [0.2, 0.25) is 0 Å². The molecule has 0 aliphatic carbocycles. The number of alkyl halides is 6. The number of hydrogen-bond donors (Lipinski definition) is 0. The van der Waals surface area contributed by atoms with Gasteiger partial charge in [-0.2, -0.15) is 26.3 Å². The van der Waals surface area contributed by atoms with Gasteiger partial charge >= 0.3 is 18.3 Å². The van der Waals surface area contributed by atoms with Gasteiger partial charge in [-0.3, -0.25) is 4.79 Å². The van der Waals surface area contributed by atoms with E-state index in [2.05, 4.69) is 0 Å². The van der Waals surface area contributed by atoms with Crippen LogP contribution in [0.25, 0.3) is 0 Å². The first-order valence-electron chi connectivity index (χ1n) is 11.6. The largest absolute Gasteiger partial charge is 0.461 e. The maximum absolute atomic E-state index is 13.4. The molecule has 0 aromatic heterocycles. The van der Waals surface area contributed by atoms with Crippen LogP contribution in [0.2, 0.25) is 0 Å². The summed E-state index contributed by atoms with van der Waals surface area (Å²) in [6.45, 7) is 0.0632. The zero-order valence-electron chi connectivity index (χ0n) is 19.7. The molecule has 0 fully saturated rings. The van der Waals surface area contributed by atoms with Crippen molar-refractivity contribution in [1.82, 2.24) is 0 Å². The molecule has 0 amide bonds. The molecule has 3 aromatic rings. The minimum absolute atomic E-state index is 0.0596. The number of rotatable bonds is 7. The number of benzene rings is 3. The van der Waals surface area contributed by atoms with Crippen LogP contribution in [0.5, 0.6) is 0 Å². The fraction of sp³-hybridized carbons (Fsp3) is 0.296. The van der Waals surface area contributed by atoms with E-state index in [1.54, 1.807) is 28.6 Å². The molecule has 202 valence electrons. The highest BCUT2D eigenvalue weighted by Gasteiger charge is 2.57. The van der Waals surface area contributed by atoms with Gasteiger partial charge in [-0.1, -0.05) is 42.5 Å². The second-order valence-electron chi connectivity index (χ2n) is 8.82. The lowest BCUT2D eigenvalue weighted by atomic mass is 9.90. The number of halogens is 7. The smallest absolute Gasteiger partial charge is 0.404 e. The normalized spacial score (nSPS) is 15.9. The Kier molecular flexibility index (Phi) is 8.25. The zero-order chi connectivity index (χ0) is 27.5. The Balaban J connectivity index is 1.60. The second-order valence-corrected chi connectivity index (χ2v) is 9.87. The highest BCUT2D eigenvalue weighted by Crippen LogP contribution is 2.48. The van der Waals surface area contributed by atoms with Crippen LogP contribution in [-0.4, -0.2) is 24.4 Å². The topological polar surface area (TPSA) is 29.5 Å². The quantitative estimate of drug-likeness (QED) is 0.167. The average Bonchev–Trinajstić information content (AvgIpc) is 2.84. The Morgan fingerprint density at radius 3 is 2.24 bits per heavy atom. The van der Waals surface area contributed by atoms with Crippen molar-refractivity contribution >= 4 is 23.6 Å². The van der Waals surface area contributed by atoms with E-state index in [0.29, 0.717) is 16.1 Å². The Morgan fingerprint density at radius 1 is 0.947 bits per heavy atom. The van der Waals surface area contributed by atoms with Crippen molar-refractivity contribution in [2.45, 2.75) is 55.1 Å². The second kappa shape index (κ2) is 11.3. The Bertz CT molecular complexity index is 1230. The summed E-state index contributed by atoms with van der Waals surface area (Å²) in [5.74, 6) is -4.58. The maximum atomic E-state index is 13.4. The van der Waals surface area contributed by atoms with E-state index in [9.17, 15) is 35.5 Å². The molecule has 4 rings (SSSR count). The van der Waals surface area contributed by atoms with Gasteiger partial charge in [0, 0.05) is 4.90 Å². The van der Waals surface area contributed by atoms with E-state index in [4.69, 9.17) is 4.74 Å². The van der Waals surface area contributed by atoms with Crippen LogP contribution in [0.15, 0.2) is 77.7 Å². The third-order valence-electron chi connectivity index (χ3n) is 6.07. The molecular formula is C27H22F7NO2S. The van der Waals surface area contributed by atoms with E-state index in [1.807, 2.05) is 6.07 Å². The fourth-order valence-electron chi connectivity index (χ4n) is 4.31. The van der Waals surface area contributed by atoms with Gasteiger partial charge in [0.1, 0.15) is 12.4 Å². The molecule has 0 spiro atoms. The van der Waals surface area contributed by atoms with E-state index >= 15 is 0 Å². The number of ether oxygens (including phenoxy) is 1. The number of nitrogens with zero attached hydrogens (tertiary/aromatic N) is 1. The monoisotopic (exact) mass is 557 g/mol. The van der Waals surface area contributed by atoms with E-state index in [0.717, 1.165) is 29.6 Å². The minimum Gasteiger partial charge on any atom is -0.461 e. The minimum atomic E-state index is -5.51. The molecule has 3 nitrogen and oxygen atoms in total. The Hall–Kier alpha value is -3.21. The van der Waals surface area contributed by atoms with Gasteiger partial charge in [0.05, 0.1) is 18.2 Å². The predicted molar refractivity (Wildman–Crippen MR) is 129 cm³/mol. The fourth-order valence-corrected chi connectivity index (χ4v) is 5.40. The van der Waals surface area contributed by atoms with Gasteiger partial charge in [0.25, 0.3) is 0 Å². The molecule has 0 radical (unpaired) electrons. The molecule has 0 bridgehead atoms. The van der Waals surface area contributed by atoms with Crippen LogP contribution in [-0.2, 0) is 22.6 Å². The highest BCUT2D eigenvalue weighted by molar-refractivity contribution is 8.00. The average molecular weight is 558 g/mol. The lowest BCUT2D eigenvalue weighted by Crippen LogP contribution is -2.37. The van der Waals surface area contributed by atoms with Crippen molar-refractivity contribution in [1.29, 1.82) is 0 Å². The maximum Gasteiger partial charge on any atom is 0.404 e. The van der Waals surface area contributed by atoms with Gasteiger partial charge in [-0.15, -0.1) is 0 Å². The van der Waals surface area contributed by atoms with Crippen molar-refractivity contribution in [3.63, 3.8) is 0 Å². The first-order valence-corrected chi connectivity index (χ1v) is 12.4. The van der Waals surface area contributed by atoms with Crippen LogP contribution >= 0.6 is 11.9 Å². The van der Waals surface area contributed by atoms with E-state index in [1.165, 1.54) is 30.3 Å². The SMILES string of the molecule is O=C(CC1CCc2cc(C(C(F)(F)F)C(F)(F)F)ccc2N1Sc1ccc(F)cc1)OCc1ccccc1. The number of esters is 1. The third-order valence-corrected chi connectivity index (χ3v) is 7.24. The summed E-state index contributed by atoms with van der Waals surface area (Å²) < 4.78 is 100. The van der Waals surface area contributed by atoms with E-state index in [-0.39, 0.29) is 25.9 Å². The first-order chi connectivity index (χ1) is 17.9. The third kappa shape index (κ3) is 6.80. The summed E-state index contributed by atoms with van der Waals surface area (Å²) in [5, 5.41) is 0. The standard InChI is InChI=1S/C27H22F7NO2S/c28-20-8-11-22(12-9-20)38-35-21(15-24(36)37-16-17-4-2-1-3-5-17)10-6-18-14-19(7-13-23(18)35)25(26(29,30)31)27(32,33)34/h1-5,7-9,11-14,21,25H,6,10,15-16H2. The summed E-state index contributed by atoms with van der Waals surface area (Å²) in [7, 11) is 0. The van der Waals surface area contributed by atoms with Crippen LogP contribution in [0, 0.1) is 5.82 Å². The van der Waals surface area contributed by atoms with Crippen molar-refractivity contribution in [3.8, 4) is 0 Å². The molecule has 38 heavy (non-hydrogen) atoms. The summed E-state index contributed by atoms with van der Waals surface area (Å²) in [6, 6.07) is 17.0. The number of carbonyl (C=O) groups excluding carboxylic acids is 1. The molecule has 1 aliphatic rings. The molecule has 0 N–H and O–H groups in total. The highest BCUT2D eigenvalue weighted by atomic mass is 32.2. The van der Waals surface area contributed by atoms with Gasteiger partial charge in [-0.05, 0) is 71.8 Å². The van der Waals surface area contributed by atoms with Gasteiger partial charge < -0.3 is 9.04 Å². The molecule has 0 saturated carbocycles. The summed E-state index contributed by atoms with van der Waals surface area (Å²) >= 11 is 1.12. The summed E-state index contributed by atoms with van der Waals surface area (Å²) in [5.41, 5.74) is 0.586. The van der Waals surface area contributed by atoms with Gasteiger partial charge in [-0.25, -0.2) is 4.39 Å². The Morgan fingerprint density at radius 2 is 1.61 bits per heavy atom. The molecule has 1 heterocycles. The first kappa shape index (κ1) is 27.8. The molecule has 3 aromatic carbocycles. The van der Waals surface area contributed by atoms with Crippen LogP contribution in [0.3, 0.4) is 0 Å². The Labute approximate surface area is 218 Å². The van der Waals surface area contributed by atoms with Crippen molar-refractivity contribution in [2.24, 2.45) is 0 Å². The molecule has 0 saturated heterocycles. The number of anilines is 1. The van der Waals surface area contributed by atoms with Crippen LogP contribution in [0.1, 0.15) is 35.4 Å². The molecular weight excluding hydrogens is 535 g/mol. The predicted octanol–water partition coefficient (Wildman–Crippen LogP) is 8.00. The molecule has 1 atom stereocenters. The van der Waals surface area contributed by atoms with E-state index < -0.39 is 41.7 Å². The lowest BCUT2D eigenvalue weighted by molar-refractivity contribution is -0.253. The number of hydrogen-bond acceptors (Lipinski definition) is 4. The van der Waals surface area contributed by atoms with Crippen molar-refractivity contribution in [3.05, 3.63) is 95.3 Å². The number of fused-ring (bicyclic) bond motifs is 1. The van der Waals surface area contributed by atoms with Crippen LogP contribution < -0.4 is 4.31 Å². The zero-order valence-corrected chi connectivity index (χ0v) is 20.5.